The number of rotatable bonds is 1. The first-order valence-electron chi connectivity index (χ1n) is 5.82. The summed E-state index contributed by atoms with van der Waals surface area (Å²) in [6.45, 7) is 1.77. The highest BCUT2D eigenvalue weighted by Gasteiger charge is 2.76. The van der Waals surface area contributed by atoms with Crippen LogP contribution in [0.15, 0.2) is 12.3 Å². The Bertz CT molecular complexity index is 430. The van der Waals surface area contributed by atoms with Gasteiger partial charge >= 0.3 is 18.8 Å². The van der Waals surface area contributed by atoms with Crippen LogP contribution in [0, 0.1) is 5.92 Å². The molecule has 2 saturated heterocycles. The van der Waals surface area contributed by atoms with Crippen LogP contribution in [0.2, 0.25) is 5.82 Å². The van der Waals surface area contributed by atoms with Crippen molar-refractivity contribution in [1.82, 2.24) is 0 Å². The zero-order valence-corrected chi connectivity index (χ0v) is 9.87. The molecule has 0 aromatic rings. The maximum atomic E-state index is 12.7. The van der Waals surface area contributed by atoms with E-state index in [1.165, 1.54) is 0 Å². The minimum Gasteiger partial charge on any atom is -0.630 e. The normalized spacial score (nSPS) is 46.7. The number of fused-ring (bicyclic) bond motifs is 1. The first-order valence-corrected chi connectivity index (χ1v) is 5.82. The molecule has 4 unspecified atom stereocenters. The van der Waals surface area contributed by atoms with E-state index in [4.69, 9.17) is 9.31 Å². The van der Waals surface area contributed by atoms with Gasteiger partial charge in [-0.2, -0.15) is 13.2 Å². The number of quaternary nitrogens is 1. The zero-order chi connectivity index (χ0) is 13.3. The topological polar surface area (TPSA) is 35.5 Å². The molecule has 0 amide bonds. The summed E-state index contributed by atoms with van der Waals surface area (Å²) in [6, 6.07) is 0. The van der Waals surface area contributed by atoms with Crippen molar-refractivity contribution >= 4 is 12.7 Å². The molecule has 2 aliphatic heterocycles. The van der Waals surface area contributed by atoms with Gasteiger partial charge in [0.1, 0.15) is 6.54 Å². The molecule has 3 rings (SSSR count). The summed E-state index contributed by atoms with van der Waals surface area (Å²) in [5.41, 5.74) is 0. The van der Waals surface area contributed by atoms with Crippen molar-refractivity contribution in [3.8, 4) is 0 Å². The maximum absolute atomic E-state index is 12.7. The smallest absolute Gasteiger partial charge is 0.585 e. The molecule has 0 aromatic heterocycles. The molecule has 3 fully saturated rings. The zero-order valence-electron chi connectivity index (χ0n) is 9.87. The maximum Gasteiger partial charge on any atom is 0.585 e. The molecule has 0 bridgehead atoms. The lowest BCUT2D eigenvalue weighted by atomic mass is 9.61. The third kappa shape index (κ3) is 1.35. The van der Waals surface area contributed by atoms with E-state index in [9.17, 15) is 18.0 Å². The van der Waals surface area contributed by atoms with E-state index < -0.39 is 30.6 Å². The molecular formula is C10H13BF3NO3. The molecule has 4 atom stereocenters. The molecule has 1 aliphatic carbocycles. The van der Waals surface area contributed by atoms with E-state index in [1.54, 1.807) is 7.05 Å². The minimum absolute atomic E-state index is 0.0299. The van der Waals surface area contributed by atoms with E-state index in [0.717, 1.165) is 0 Å². The standard InChI is InChI=1S/C10H13BF3NO3/c1-6-4-15(2)5-9(16)18-11(15,17-6)8-3-7(8)10(12,13)14/h7-8H,1,3-5H2,2H3. The van der Waals surface area contributed by atoms with Crippen LogP contribution in [0.5, 0.6) is 0 Å². The molecule has 0 radical (unpaired) electrons. The first kappa shape index (κ1) is 11.9. The molecule has 4 nitrogen and oxygen atoms in total. The SMILES string of the molecule is C=C1C[N+]2(C)CC(=O)O[B-]2(C2CC2C(F)(F)F)O1. The molecule has 3 aliphatic rings. The van der Waals surface area contributed by atoms with Gasteiger partial charge in [0, 0.05) is 13.0 Å². The third-order valence-electron chi connectivity index (χ3n) is 4.33. The van der Waals surface area contributed by atoms with Crippen LogP contribution in [0.1, 0.15) is 6.42 Å². The first-order chi connectivity index (χ1) is 8.18. The van der Waals surface area contributed by atoms with Crippen LogP contribution in [0.4, 0.5) is 13.2 Å². The molecule has 0 spiro atoms. The summed E-state index contributed by atoms with van der Waals surface area (Å²) in [4.78, 5) is 11.4. The van der Waals surface area contributed by atoms with E-state index in [1.807, 2.05) is 0 Å². The second-order valence-electron chi connectivity index (χ2n) is 5.72. The van der Waals surface area contributed by atoms with Crippen molar-refractivity contribution in [3.05, 3.63) is 12.3 Å². The number of alkyl halides is 3. The largest absolute Gasteiger partial charge is 0.630 e. The van der Waals surface area contributed by atoms with Gasteiger partial charge in [-0.1, -0.05) is 13.0 Å². The summed E-state index contributed by atoms with van der Waals surface area (Å²) < 4.78 is 48.9. The second kappa shape index (κ2) is 3.04. The fraction of sp³-hybridized carbons (Fsp3) is 0.700. The molecule has 0 aromatic carbocycles. The van der Waals surface area contributed by atoms with Gasteiger partial charge in [-0.15, -0.1) is 0 Å². The quantitative estimate of drug-likeness (QED) is 0.671. The van der Waals surface area contributed by atoms with Crippen molar-refractivity contribution in [2.45, 2.75) is 18.4 Å². The lowest BCUT2D eigenvalue weighted by Gasteiger charge is -2.40. The Morgan fingerprint density at radius 1 is 1.39 bits per heavy atom. The fourth-order valence-corrected chi connectivity index (χ4v) is 3.48. The average Bonchev–Trinajstić information content (AvgIpc) is 2.84. The molecular weight excluding hydrogens is 250 g/mol. The van der Waals surface area contributed by atoms with Gasteiger partial charge in [-0.3, -0.25) is 4.79 Å². The van der Waals surface area contributed by atoms with Gasteiger partial charge in [0.25, 0.3) is 0 Å². The highest BCUT2D eigenvalue weighted by Crippen LogP contribution is 2.64. The van der Waals surface area contributed by atoms with Crippen molar-refractivity contribution < 1.29 is 31.7 Å². The van der Waals surface area contributed by atoms with Gasteiger partial charge < -0.3 is 13.7 Å². The summed E-state index contributed by atoms with van der Waals surface area (Å²) in [7, 11) is 1.70. The van der Waals surface area contributed by atoms with E-state index in [-0.39, 0.29) is 17.4 Å². The Balaban J connectivity index is 1.94. The number of hydrogen-bond acceptors (Lipinski definition) is 3. The highest BCUT2D eigenvalue weighted by molar-refractivity contribution is 6.66. The van der Waals surface area contributed by atoms with Crippen molar-refractivity contribution in [2.75, 3.05) is 20.1 Å². The van der Waals surface area contributed by atoms with E-state index in [0.29, 0.717) is 12.3 Å². The Morgan fingerprint density at radius 3 is 2.61 bits per heavy atom. The van der Waals surface area contributed by atoms with Crippen LogP contribution in [0.25, 0.3) is 0 Å². The van der Waals surface area contributed by atoms with Crippen LogP contribution >= 0.6 is 0 Å². The number of likely N-dealkylation sites (N-methyl/N-ethyl adjacent to an activating group) is 1. The van der Waals surface area contributed by atoms with Crippen LogP contribution in [-0.2, 0) is 14.1 Å². The number of carbonyl (C=O) groups is 1. The van der Waals surface area contributed by atoms with Crippen molar-refractivity contribution in [2.24, 2.45) is 5.92 Å². The van der Waals surface area contributed by atoms with Gasteiger partial charge in [-0.05, 0) is 5.82 Å². The second-order valence-corrected chi connectivity index (χ2v) is 5.72. The summed E-state index contributed by atoms with van der Waals surface area (Å²) in [5, 5.41) is 0. The number of carbonyl (C=O) groups excluding carboxylic acids is 1. The minimum atomic E-state index is -4.26. The van der Waals surface area contributed by atoms with Crippen LogP contribution < -0.4 is 0 Å². The molecule has 100 valence electrons. The number of nitrogens with zero attached hydrogens (tertiary/aromatic N) is 1. The summed E-state index contributed by atoms with van der Waals surface area (Å²) in [6.07, 6.45) is -4.29. The van der Waals surface area contributed by atoms with Gasteiger partial charge in [0.15, 0.2) is 0 Å². The van der Waals surface area contributed by atoms with E-state index >= 15 is 0 Å². The van der Waals surface area contributed by atoms with Crippen molar-refractivity contribution in [1.29, 1.82) is 0 Å². The number of hydrogen-bond donors (Lipinski definition) is 0. The predicted molar refractivity (Wildman–Crippen MR) is 55.9 cm³/mol. The Morgan fingerprint density at radius 2 is 2.06 bits per heavy atom. The van der Waals surface area contributed by atoms with Crippen LogP contribution in [-0.4, -0.2) is 43.4 Å². The predicted octanol–water partition coefficient (Wildman–Crippen LogP) is 1.42. The van der Waals surface area contributed by atoms with Gasteiger partial charge in [0.2, 0.25) is 0 Å². The highest BCUT2D eigenvalue weighted by atomic mass is 19.4. The van der Waals surface area contributed by atoms with Gasteiger partial charge in [0.05, 0.1) is 12.3 Å². The molecule has 2 heterocycles. The molecule has 8 heteroatoms. The summed E-state index contributed by atoms with van der Waals surface area (Å²) >= 11 is 0. The third-order valence-corrected chi connectivity index (χ3v) is 4.33. The summed E-state index contributed by atoms with van der Waals surface area (Å²) in [5.74, 6) is -2.27. The molecule has 0 N–H and O–H groups in total. The Kier molecular flexibility index (Phi) is 2.01. The molecule has 1 saturated carbocycles. The van der Waals surface area contributed by atoms with Crippen molar-refractivity contribution in [3.63, 3.8) is 0 Å². The molecule has 18 heavy (non-hydrogen) atoms. The lowest BCUT2D eigenvalue weighted by Crippen LogP contribution is -2.61. The van der Waals surface area contributed by atoms with Gasteiger partial charge in [-0.25, -0.2) is 0 Å². The average molecular weight is 263 g/mol. The fourth-order valence-electron chi connectivity index (χ4n) is 3.48. The lowest BCUT2D eigenvalue weighted by molar-refractivity contribution is -0.795. The Hall–Kier alpha value is -1.18. The number of halogens is 3. The Labute approximate surface area is 102 Å². The van der Waals surface area contributed by atoms with Crippen LogP contribution in [0.3, 0.4) is 0 Å². The van der Waals surface area contributed by atoms with E-state index in [2.05, 4.69) is 6.58 Å². The monoisotopic (exact) mass is 263 g/mol.